The van der Waals surface area contributed by atoms with Crippen molar-refractivity contribution >= 4 is 34.8 Å². The number of carbonyl (C=O) groups is 2. The van der Waals surface area contributed by atoms with Crippen LogP contribution in [0.1, 0.15) is 15.2 Å². The number of halogens is 1. The van der Waals surface area contributed by atoms with Crippen molar-refractivity contribution in [3.05, 3.63) is 21.9 Å². The van der Waals surface area contributed by atoms with Gasteiger partial charge in [-0.2, -0.15) is 0 Å². The second kappa shape index (κ2) is 5.72. The number of hydrogen-bond acceptors (Lipinski definition) is 4. The van der Waals surface area contributed by atoms with Gasteiger partial charge in [-0.1, -0.05) is 0 Å². The van der Waals surface area contributed by atoms with Gasteiger partial charge in [-0.3, -0.25) is 4.79 Å². The molecule has 0 spiro atoms. The largest absolute Gasteiger partial charge is 0.465 e. The van der Waals surface area contributed by atoms with Crippen molar-refractivity contribution in [1.29, 1.82) is 0 Å². The van der Waals surface area contributed by atoms with Gasteiger partial charge in [0.25, 0.3) is 0 Å². The lowest BCUT2D eigenvalue weighted by molar-refractivity contribution is -0.118. The first kappa shape index (κ1) is 12.0. The second-order valence-corrected chi connectivity index (χ2v) is 3.86. The number of esters is 1. The monoisotopic (exact) mass is 247 g/mol. The maximum Gasteiger partial charge on any atom is 0.348 e. The van der Waals surface area contributed by atoms with Crippen LogP contribution in [0, 0.1) is 0 Å². The fourth-order valence-electron chi connectivity index (χ4n) is 0.988. The Labute approximate surface area is 96.2 Å². The van der Waals surface area contributed by atoms with E-state index in [1.807, 2.05) is 0 Å². The zero-order valence-electron chi connectivity index (χ0n) is 8.08. The van der Waals surface area contributed by atoms with Crippen LogP contribution in [0.15, 0.2) is 11.4 Å². The molecule has 1 aromatic heterocycles. The summed E-state index contributed by atoms with van der Waals surface area (Å²) >= 11 is 6.60. The highest BCUT2D eigenvalue weighted by Crippen LogP contribution is 2.17. The quantitative estimate of drug-likeness (QED) is 0.646. The number of rotatable bonds is 4. The number of hydrogen-bond donors (Lipinski definition) is 1. The molecular formula is C9H10ClNO3S. The fourth-order valence-corrected chi connectivity index (χ4v) is 1.92. The minimum atomic E-state index is -0.389. The van der Waals surface area contributed by atoms with Crippen LogP contribution in [0.4, 0.5) is 0 Å². The molecular weight excluding hydrogens is 238 g/mol. The van der Waals surface area contributed by atoms with E-state index in [1.54, 1.807) is 11.4 Å². The smallest absolute Gasteiger partial charge is 0.348 e. The van der Waals surface area contributed by atoms with Crippen molar-refractivity contribution in [3.63, 3.8) is 0 Å². The molecule has 0 unspecified atom stereocenters. The van der Waals surface area contributed by atoms with Gasteiger partial charge in [0.2, 0.25) is 5.91 Å². The normalized spacial score (nSPS) is 9.73. The highest BCUT2D eigenvalue weighted by atomic mass is 35.5. The highest BCUT2D eigenvalue weighted by molar-refractivity contribution is 7.12. The number of ether oxygens (including phenoxy) is 1. The molecule has 0 aliphatic heterocycles. The minimum Gasteiger partial charge on any atom is -0.465 e. The van der Waals surface area contributed by atoms with Gasteiger partial charge in [-0.25, -0.2) is 4.79 Å². The Morgan fingerprint density at radius 1 is 1.60 bits per heavy atom. The molecule has 4 nitrogen and oxygen atoms in total. The SMILES string of the molecule is COC(=O)c1sccc1CNC(=O)CCl. The Bertz CT molecular complexity index is 364. The van der Waals surface area contributed by atoms with E-state index in [0.29, 0.717) is 11.4 Å². The van der Waals surface area contributed by atoms with Gasteiger partial charge in [0.15, 0.2) is 0 Å². The van der Waals surface area contributed by atoms with E-state index in [0.717, 1.165) is 5.56 Å². The summed E-state index contributed by atoms with van der Waals surface area (Å²) in [6.07, 6.45) is 0. The molecule has 0 radical (unpaired) electrons. The Hall–Kier alpha value is -1.07. The molecule has 0 saturated heterocycles. The molecule has 0 aliphatic rings. The topological polar surface area (TPSA) is 55.4 Å². The van der Waals surface area contributed by atoms with Gasteiger partial charge in [0.1, 0.15) is 10.8 Å². The lowest BCUT2D eigenvalue weighted by Crippen LogP contribution is -2.24. The van der Waals surface area contributed by atoms with Gasteiger partial charge in [0.05, 0.1) is 7.11 Å². The third-order valence-electron chi connectivity index (χ3n) is 1.71. The Kier molecular flexibility index (Phi) is 4.58. The molecule has 0 fully saturated rings. The number of nitrogens with one attached hydrogen (secondary N) is 1. The Morgan fingerprint density at radius 3 is 2.93 bits per heavy atom. The molecule has 1 rings (SSSR count). The van der Waals surface area contributed by atoms with Crippen LogP contribution in [0.25, 0.3) is 0 Å². The van der Waals surface area contributed by atoms with Gasteiger partial charge in [-0.05, 0) is 17.0 Å². The molecule has 0 aromatic carbocycles. The van der Waals surface area contributed by atoms with E-state index in [2.05, 4.69) is 10.1 Å². The van der Waals surface area contributed by atoms with Crippen molar-refractivity contribution < 1.29 is 14.3 Å². The summed E-state index contributed by atoms with van der Waals surface area (Å²) in [5, 5.41) is 4.35. The van der Waals surface area contributed by atoms with E-state index in [-0.39, 0.29) is 17.8 Å². The molecule has 0 bridgehead atoms. The van der Waals surface area contributed by atoms with Gasteiger partial charge in [-0.15, -0.1) is 22.9 Å². The number of alkyl halides is 1. The summed E-state index contributed by atoms with van der Waals surface area (Å²) in [5.41, 5.74) is 0.741. The van der Waals surface area contributed by atoms with Crippen LogP contribution in [0.5, 0.6) is 0 Å². The zero-order chi connectivity index (χ0) is 11.3. The second-order valence-electron chi connectivity index (χ2n) is 2.68. The van der Waals surface area contributed by atoms with E-state index in [9.17, 15) is 9.59 Å². The summed E-state index contributed by atoms with van der Waals surface area (Å²) in [6.45, 7) is 0.291. The van der Waals surface area contributed by atoms with Crippen molar-refractivity contribution in [3.8, 4) is 0 Å². The summed E-state index contributed by atoms with van der Waals surface area (Å²) in [4.78, 5) is 22.7. The fraction of sp³-hybridized carbons (Fsp3) is 0.333. The lowest BCUT2D eigenvalue weighted by atomic mass is 10.2. The summed E-state index contributed by atoms with van der Waals surface area (Å²) in [5.74, 6) is -0.740. The summed E-state index contributed by atoms with van der Waals surface area (Å²) < 4.78 is 4.60. The van der Waals surface area contributed by atoms with Gasteiger partial charge in [0, 0.05) is 6.54 Å². The van der Waals surface area contributed by atoms with Crippen molar-refractivity contribution in [2.24, 2.45) is 0 Å². The van der Waals surface area contributed by atoms with Crippen molar-refractivity contribution in [2.75, 3.05) is 13.0 Å². The number of carbonyl (C=O) groups excluding carboxylic acids is 2. The van der Waals surface area contributed by atoms with Crippen molar-refractivity contribution in [2.45, 2.75) is 6.54 Å². The maximum absolute atomic E-state index is 11.3. The molecule has 1 amide bonds. The van der Waals surface area contributed by atoms with Gasteiger partial charge >= 0.3 is 5.97 Å². The van der Waals surface area contributed by atoms with Crippen LogP contribution in [-0.4, -0.2) is 24.9 Å². The molecule has 1 aromatic rings. The predicted octanol–water partition coefficient (Wildman–Crippen LogP) is 1.39. The third-order valence-corrected chi connectivity index (χ3v) is 2.89. The first-order chi connectivity index (χ1) is 7.19. The van der Waals surface area contributed by atoms with Crippen molar-refractivity contribution in [1.82, 2.24) is 5.32 Å². The zero-order valence-corrected chi connectivity index (χ0v) is 9.65. The average molecular weight is 248 g/mol. The van der Waals surface area contributed by atoms with E-state index in [1.165, 1.54) is 18.4 Å². The molecule has 0 saturated carbocycles. The van der Waals surface area contributed by atoms with E-state index >= 15 is 0 Å². The van der Waals surface area contributed by atoms with Crippen LogP contribution in [-0.2, 0) is 16.1 Å². The first-order valence-electron chi connectivity index (χ1n) is 4.16. The average Bonchev–Trinajstić information content (AvgIpc) is 2.72. The summed E-state index contributed by atoms with van der Waals surface area (Å²) in [7, 11) is 1.32. The molecule has 82 valence electrons. The molecule has 0 aliphatic carbocycles. The third kappa shape index (κ3) is 3.21. The molecule has 6 heteroatoms. The summed E-state index contributed by atoms with van der Waals surface area (Å²) in [6, 6.07) is 1.77. The standard InChI is InChI=1S/C9H10ClNO3S/c1-14-9(13)8-6(2-3-15-8)5-11-7(12)4-10/h2-3H,4-5H2,1H3,(H,11,12). The van der Waals surface area contributed by atoms with E-state index < -0.39 is 0 Å². The minimum absolute atomic E-state index is 0.0856. The first-order valence-corrected chi connectivity index (χ1v) is 5.57. The number of thiophene rings is 1. The van der Waals surface area contributed by atoms with Crippen LogP contribution >= 0.6 is 22.9 Å². The van der Waals surface area contributed by atoms with Gasteiger partial charge < -0.3 is 10.1 Å². The maximum atomic E-state index is 11.3. The van der Waals surface area contributed by atoms with Crippen LogP contribution in [0.3, 0.4) is 0 Å². The molecule has 1 N–H and O–H groups in total. The highest BCUT2D eigenvalue weighted by Gasteiger charge is 2.13. The molecule has 15 heavy (non-hydrogen) atoms. The van der Waals surface area contributed by atoms with Crippen LogP contribution in [0.2, 0.25) is 0 Å². The lowest BCUT2D eigenvalue weighted by Gasteiger charge is -2.03. The molecule has 0 atom stereocenters. The van der Waals surface area contributed by atoms with E-state index in [4.69, 9.17) is 11.6 Å². The number of methoxy groups -OCH3 is 1. The van der Waals surface area contributed by atoms with Crippen LogP contribution < -0.4 is 5.32 Å². The number of amides is 1. The molecule has 1 heterocycles. The predicted molar refractivity (Wildman–Crippen MR) is 58.2 cm³/mol. The Morgan fingerprint density at radius 2 is 2.33 bits per heavy atom. The Balaban J connectivity index is 2.65.